The lowest BCUT2D eigenvalue weighted by Crippen LogP contribution is -2.09. The van der Waals surface area contributed by atoms with Crippen molar-refractivity contribution in [2.24, 2.45) is 9.49 Å². The van der Waals surface area contributed by atoms with Crippen molar-refractivity contribution in [3.8, 4) is 0 Å². The molecule has 0 N–H and O–H groups in total. The van der Waals surface area contributed by atoms with Crippen LogP contribution in [0.15, 0.2) is 9.49 Å². The van der Waals surface area contributed by atoms with Gasteiger partial charge in [0.2, 0.25) is 0 Å². The van der Waals surface area contributed by atoms with Gasteiger partial charge in [-0.05, 0) is 51.1 Å². The number of halogens is 2. The van der Waals surface area contributed by atoms with E-state index in [9.17, 15) is 0 Å². The summed E-state index contributed by atoms with van der Waals surface area (Å²) in [5.74, 6) is 0. The van der Waals surface area contributed by atoms with Crippen molar-refractivity contribution in [2.45, 2.75) is 46.1 Å². The Morgan fingerprint density at radius 3 is 1.00 bits per heavy atom. The first-order chi connectivity index (χ1) is 8.78. The minimum Gasteiger partial charge on any atom is -0.245 e. The van der Waals surface area contributed by atoms with Crippen molar-refractivity contribution in [3.63, 3.8) is 0 Å². The Hall–Kier alpha value is 1.04. The Balaban J connectivity index is 5.74. The van der Waals surface area contributed by atoms with Crippen LogP contribution in [-0.4, -0.2) is 41.6 Å². The third-order valence-corrected chi connectivity index (χ3v) is 13.5. The maximum Gasteiger partial charge on any atom is 0.303 e. The minimum atomic E-state index is -1.39. The molecule has 0 fully saturated rings. The fourth-order valence-corrected chi connectivity index (χ4v) is 8.93. The van der Waals surface area contributed by atoms with Gasteiger partial charge in [0.15, 0.2) is 0 Å². The van der Waals surface area contributed by atoms with E-state index in [0.717, 1.165) is 37.0 Å². The number of alkyl halides is 2. The molecule has 2 nitrogen and oxygen atoms in total. The molecule has 0 unspecified atom stereocenters. The van der Waals surface area contributed by atoms with Gasteiger partial charge in [-0.15, -0.1) is 0 Å². The van der Waals surface area contributed by atoms with E-state index in [0.29, 0.717) is 0 Å². The molecule has 0 bridgehead atoms. The lowest BCUT2D eigenvalue weighted by molar-refractivity contribution is 0.895. The number of nitrogens with zero attached hydrogens (tertiary/aromatic N) is 2. The van der Waals surface area contributed by atoms with Crippen molar-refractivity contribution in [3.05, 3.63) is 0 Å². The van der Waals surface area contributed by atoms with Crippen molar-refractivity contribution >= 4 is 37.3 Å². The highest BCUT2D eigenvalue weighted by Gasteiger charge is 2.29. The van der Waals surface area contributed by atoms with E-state index < -0.39 is 18.7 Å². The van der Waals surface area contributed by atoms with E-state index in [2.05, 4.69) is 41.5 Å². The Kier molecular flexibility index (Phi) is 8.94. The third-order valence-electron chi connectivity index (χ3n) is 4.20. The second kappa shape index (κ2) is 8.47. The molecule has 0 aliphatic carbocycles. The number of hydrogen-bond acceptors (Lipinski definition) is 2. The minimum absolute atomic E-state index is 1.06. The third kappa shape index (κ3) is 5.74. The van der Waals surface area contributed by atoms with Gasteiger partial charge in [-0.1, -0.05) is 64.7 Å². The van der Waals surface area contributed by atoms with E-state index in [1.54, 1.807) is 0 Å². The van der Waals surface area contributed by atoms with E-state index in [1.165, 1.54) is 0 Å². The van der Waals surface area contributed by atoms with Crippen molar-refractivity contribution in [1.82, 2.24) is 0 Å². The maximum absolute atomic E-state index is 6.47. The van der Waals surface area contributed by atoms with Gasteiger partial charge >= 0.3 is 4.58 Å². The SMILES string of the molecule is CCP(CC)(CC)=NC(Cl)(Cl)N=P(CC)(CC)CC. The van der Waals surface area contributed by atoms with Crippen LogP contribution >= 0.6 is 37.3 Å². The molecule has 0 saturated heterocycles. The van der Waals surface area contributed by atoms with Gasteiger partial charge < -0.3 is 0 Å². The Morgan fingerprint density at radius 1 is 0.632 bits per heavy atom. The zero-order valence-corrected chi connectivity index (χ0v) is 16.6. The van der Waals surface area contributed by atoms with Crippen LogP contribution in [0.5, 0.6) is 0 Å². The van der Waals surface area contributed by atoms with Crippen molar-refractivity contribution < 1.29 is 0 Å². The molecular weight excluding hydrogens is 317 g/mol. The zero-order chi connectivity index (χ0) is 15.2. The van der Waals surface area contributed by atoms with Crippen LogP contribution in [0.1, 0.15) is 41.5 Å². The van der Waals surface area contributed by atoms with E-state index >= 15 is 0 Å². The number of rotatable bonds is 8. The van der Waals surface area contributed by atoms with Crippen LogP contribution < -0.4 is 0 Å². The molecule has 0 heterocycles. The predicted molar refractivity (Wildman–Crippen MR) is 96.4 cm³/mol. The Bertz CT molecular complexity index is 307. The standard InChI is InChI=1S/C13H30Cl2N2P2/c1-7-18(8-2,9-3)16-13(14,15)17-19(10-4,11-5)12-6/h7-12H2,1-6H3. The highest BCUT2D eigenvalue weighted by atomic mass is 35.5. The smallest absolute Gasteiger partial charge is 0.245 e. The summed E-state index contributed by atoms with van der Waals surface area (Å²) in [6, 6.07) is 0. The average Bonchev–Trinajstić information content (AvgIpc) is 2.42. The number of hydrogen-bond donors (Lipinski definition) is 0. The summed E-state index contributed by atoms with van der Waals surface area (Å²) < 4.78 is 8.42. The zero-order valence-electron chi connectivity index (χ0n) is 13.3. The largest absolute Gasteiger partial charge is 0.303 e. The molecular formula is C13H30Cl2N2P2. The molecule has 0 saturated carbocycles. The second-order valence-corrected chi connectivity index (χ2v) is 14.6. The molecule has 0 rings (SSSR count). The summed E-state index contributed by atoms with van der Waals surface area (Å²) in [6.45, 7) is 13.1. The molecule has 0 aromatic rings. The molecule has 19 heavy (non-hydrogen) atoms. The van der Waals surface area contributed by atoms with E-state index in [-0.39, 0.29) is 0 Å². The van der Waals surface area contributed by atoms with Crippen LogP contribution in [0, 0.1) is 0 Å². The first kappa shape index (κ1) is 20.0. The van der Waals surface area contributed by atoms with Gasteiger partial charge in [0.05, 0.1) is 0 Å². The van der Waals surface area contributed by atoms with Crippen LogP contribution in [0.25, 0.3) is 0 Å². The molecule has 0 spiro atoms. The van der Waals surface area contributed by atoms with Gasteiger partial charge in [-0.2, -0.15) is 0 Å². The van der Waals surface area contributed by atoms with E-state index in [1.807, 2.05) is 0 Å². The monoisotopic (exact) mass is 346 g/mol. The molecule has 0 aliphatic rings. The topological polar surface area (TPSA) is 24.7 Å². The van der Waals surface area contributed by atoms with Crippen LogP contribution in [0.2, 0.25) is 0 Å². The first-order valence-electron chi connectivity index (χ1n) is 7.37. The van der Waals surface area contributed by atoms with Gasteiger partial charge in [0.25, 0.3) is 0 Å². The first-order valence-corrected chi connectivity index (χ1v) is 12.7. The molecule has 0 aliphatic heterocycles. The summed E-state index contributed by atoms with van der Waals surface area (Å²) in [5.41, 5.74) is 0. The maximum atomic E-state index is 6.47. The normalized spacial score (nSPS) is 13.5. The van der Waals surface area contributed by atoms with Crippen molar-refractivity contribution in [1.29, 1.82) is 0 Å². The fourth-order valence-electron chi connectivity index (χ4n) is 2.30. The highest BCUT2D eigenvalue weighted by Crippen LogP contribution is 2.57. The Morgan fingerprint density at radius 2 is 0.842 bits per heavy atom. The lowest BCUT2D eigenvalue weighted by Gasteiger charge is -2.28. The molecule has 0 aromatic carbocycles. The Labute approximate surface area is 130 Å². The molecule has 116 valence electrons. The lowest BCUT2D eigenvalue weighted by atomic mass is 10.9. The van der Waals surface area contributed by atoms with Gasteiger partial charge in [-0.3, -0.25) is 0 Å². The molecule has 6 heteroatoms. The van der Waals surface area contributed by atoms with Gasteiger partial charge in [0, 0.05) is 0 Å². The van der Waals surface area contributed by atoms with Crippen molar-refractivity contribution in [2.75, 3.05) is 37.0 Å². The average molecular weight is 347 g/mol. The van der Waals surface area contributed by atoms with Gasteiger partial charge in [-0.25, -0.2) is 9.49 Å². The molecule has 0 atom stereocenters. The molecule has 0 amide bonds. The summed E-state index contributed by atoms with van der Waals surface area (Å²) in [4.78, 5) is 0. The van der Waals surface area contributed by atoms with Crippen LogP contribution in [0.3, 0.4) is 0 Å². The summed E-state index contributed by atoms with van der Waals surface area (Å²) in [7, 11) is -2.79. The molecule has 0 radical (unpaired) electrons. The highest BCUT2D eigenvalue weighted by molar-refractivity contribution is 7.67. The summed E-state index contributed by atoms with van der Waals surface area (Å²) >= 11 is 12.9. The van der Waals surface area contributed by atoms with Crippen LogP contribution in [-0.2, 0) is 0 Å². The summed E-state index contributed by atoms with van der Waals surface area (Å²) in [6.07, 6.45) is 6.37. The quantitative estimate of drug-likeness (QED) is 0.269. The summed E-state index contributed by atoms with van der Waals surface area (Å²) in [5, 5.41) is 0. The fraction of sp³-hybridized carbons (Fsp3) is 1.00. The van der Waals surface area contributed by atoms with Crippen LogP contribution in [0.4, 0.5) is 0 Å². The predicted octanol–water partition coefficient (Wildman–Crippen LogP) is 6.60. The molecule has 0 aromatic heterocycles. The second-order valence-electron chi connectivity index (χ2n) is 4.80. The van der Waals surface area contributed by atoms with Gasteiger partial charge in [0.1, 0.15) is 0 Å². The van der Waals surface area contributed by atoms with E-state index in [4.69, 9.17) is 32.7 Å².